The molecule has 0 radical (unpaired) electrons. The van der Waals surface area contributed by atoms with E-state index in [4.69, 9.17) is 28.3 Å². The molecule has 2 aromatic rings. The Morgan fingerprint density at radius 3 is 2.43 bits per heavy atom. The Kier molecular flexibility index (Phi) is 5.31. The molecule has 122 valence electrons. The highest BCUT2D eigenvalue weighted by atomic mass is 35.5. The van der Waals surface area contributed by atoms with Gasteiger partial charge in [-0.15, -0.1) is 0 Å². The molecule has 3 N–H and O–H groups in total. The number of sulfonamides is 1. The number of carbonyl (C=O) groups is 1. The van der Waals surface area contributed by atoms with Crippen molar-refractivity contribution < 1.29 is 13.2 Å². The van der Waals surface area contributed by atoms with Crippen LogP contribution in [0.3, 0.4) is 0 Å². The molecule has 0 atom stereocenters. The number of hydrogen-bond donors (Lipinski definition) is 2. The number of hydrogen-bond acceptors (Lipinski definition) is 3. The Bertz CT molecular complexity index is 867. The normalized spacial score (nSPS) is 11.3. The lowest BCUT2D eigenvalue weighted by Crippen LogP contribution is -2.17. The van der Waals surface area contributed by atoms with E-state index in [1.54, 1.807) is 12.1 Å². The van der Waals surface area contributed by atoms with Crippen LogP contribution in [0.15, 0.2) is 41.3 Å². The van der Waals surface area contributed by atoms with E-state index in [1.165, 1.54) is 6.07 Å². The van der Waals surface area contributed by atoms with Crippen LogP contribution in [0.5, 0.6) is 0 Å². The Hall–Kier alpha value is -1.60. The van der Waals surface area contributed by atoms with Crippen molar-refractivity contribution in [1.29, 1.82) is 0 Å². The summed E-state index contributed by atoms with van der Waals surface area (Å²) in [4.78, 5) is 12.1. The van der Waals surface area contributed by atoms with E-state index < -0.39 is 15.9 Å². The second-order valence-electron chi connectivity index (χ2n) is 4.77. The van der Waals surface area contributed by atoms with Crippen molar-refractivity contribution in [3.8, 4) is 0 Å². The first kappa shape index (κ1) is 17.7. The molecule has 0 aliphatic carbocycles. The number of para-hydroxylation sites is 1. The number of amides is 1. The summed E-state index contributed by atoms with van der Waals surface area (Å²) >= 11 is 11.8. The highest BCUT2D eigenvalue weighted by Crippen LogP contribution is 2.29. The first-order chi connectivity index (χ1) is 10.7. The van der Waals surface area contributed by atoms with Gasteiger partial charge in [-0.3, -0.25) is 4.79 Å². The molecule has 1 amide bonds. The van der Waals surface area contributed by atoms with E-state index in [0.29, 0.717) is 5.69 Å². The second kappa shape index (κ2) is 6.88. The molecule has 0 saturated carbocycles. The Morgan fingerprint density at radius 1 is 1.17 bits per heavy atom. The van der Waals surface area contributed by atoms with Crippen molar-refractivity contribution in [2.45, 2.75) is 18.2 Å². The van der Waals surface area contributed by atoms with Crippen LogP contribution in [0, 0.1) is 0 Å². The van der Waals surface area contributed by atoms with Gasteiger partial charge in [0.25, 0.3) is 5.91 Å². The first-order valence-corrected chi connectivity index (χ1v) is 8.95. The maximum absolute atomic E-state index is 12.4. The number of anilines is 1. The standard InChI is InChI=1S/C15H14Cl2N2O3S/c1-2-9-5-3-4-6-13(9)19-15(20)10-7-14(23(18,21)22)12(17)8-11(10)16/h3-8H,2H2,1H3,(H,19,20)(H2,18,21,22). The summed E-state index contributed by atoms with van der Waals surface area (Å²) in [7, 11) is -4.06. The average Bonchev–Trinajstić information content (AvgIpc) is 2.46. The smallest absolute Gasteiger partial charge is 0.257 e. The van der Waals surface area contributed by atoms with Crippen LogP contribution < -0.4 is 10.5 Å². The molecule has 0 spiro atoms. The van der Waals surface area contributed by atoms with E-state index in [1.807, 2.05) is 19.1 Å². The molecule has 0 fully saturated rings. The maximum atomic E-state index is 12.4. The van der Waals surface area contributed by atoms with E-state index in [0.717, 1.165) is 18.1 Å². The minimum Gasteiger partial charge on any atom is -0.322 e. The van der Waals surface area contributed by atoms with Crippen LogP contribution in [-0.4, -0.2) is 14.3 Å². The molecule has 0 aromatic heterocycles. The van der Waals surface area contributed by atoms with Crippen LogP contribution in [0.25, 0.3) is 0 Å². The number of nitrogens with two attached hydrogens (primary N) is 1. The maximum Gasteiger partial charge on any atom is 0.257 e. The Balaban J connectivity index is 2.44. The van der Waals surface area contributed by atoms with Gasteiger partial charge in [-0.2, -0.15) is 0 Å². The molecule has 0 saturated heterocycles. The summed E-state index contributed by atoms with van der Waals surface area (Å²) in [5.41, 5.74) is 1.55. The van der Waals surface area contributed by atoms with Crippen LogP contribution >= 0.6 is 23.2 Å². The van der Waals surface area contributed by atoms with Gasteiger partial charge in [0.05, 0.1) is 15.6 Å². The first-order valence-electron chi connectivity index (χ1n) is 6.65. The van der Waals surface area contributed by atoms with Gasteiger partial charge in [0.2, 0.25) is 10.0 Å². The van der Waals surface area contributed by atoms with Gasteiger partial charge >= 0.3 is 0 Å². The van der Waals surface area contributed by atoms with Gasteiger partial charge in [-0.05, 0) is 30.2 Å². The van der Waals surface area contributed by atoms with E-state index in [9.17, 15) is 13.2 Å². The lowest BCUT2D eigenvalue weighted by atomic mass is 10.1. The zero-order valence-electron chi connectivity index (χ0n) is 12.1. The number of nitrogens with one attached hydrogen (secondary N) is 1. The molecule has 2 aromatic carbocycles. The number of halogens is 2. The third-order valence-electron chi connectivity index (χ3n) is 3.22. The van der Waals surface area contributed by atoms with Gasteiger partial charge in [-0.1, -0.05) is 48.3 Å². The highest BCUT2D eigenvalue weighted by molar-refractivity contribution is 7.89. The molecule has 2 rings (SSSR count). The third kappa shape index (κ3) is 4.03. The van der Waals surface area contributed by atoms with Crippen molar-refractivity contribution in [2.75, 3.05) is 5.32 Å². The SMILES string of the molecule is CCc1ccccc1NC(=O)c1cc(S(N)(=O)=O)c(Cl)cc1Cl. The predicted octanol–water partition coefficient (Wildman–Crippen LogP) is 3.46. The Labute approximate surface area is 144 Å². The lowest BCUT2D eigenvalue weighted by Gasteiger charge is -2.12. The molecule has 0 bridgehead atoms. The topological polar surface area (TPSA) is 89.3 Å². The molecule has 23 heavy (non-hydrogen) atoms. The summed E-state index contributed by atoms with van der Waals surface area (Å²) in [6.45, 7) is 1.96. The molecule has 5 nitrogen and oxygen atoms in total. The molecule has 0 aliphatic heterocycles. The largest absolute Gasteiger partial charge is 0.322 e. The van der Waals surface area contributed by atoms with Crippen molar-refractivity contribution in [2.24, 2.45) is 5.14 Å². The molecule has 0 unspecified atom stereocenters. The van der Waals surface area contributed by atoms with Crippen LogP contribution in [0.2, 0.25) is 10.0 Å². The zero-order chi connectivity index (χ0) is 17.2. The van der Waals surface area contributed by atoms with Gasteiger partial charge in [0, 0.05) is 5.69 Å². The second-order valence-corrected chi connectivity index (χ2v) is 7.12. The number of aryl methyl sites for hydroxylation is 1. The van der Waals surface area contributed by atoms with Crippen LogP contribution in [0.4, 0.5) is 5.69 Å². The fourth-order valence-electron chi connectivity index (χ4n) is 2.06. The van der Waals surface area contributed by atoms with Crippen molar-refractivity contribution >= 4 is 44.8 Å². The average molecular weight is 373 g/mol. The quantitative estimate of drug-likeness (QED) is 0.860. The Morgan fingerprint density at radius 2 is 1.83 bits per heavy atom. The highest BCUT2D eigenvalue weighted by Gasteiger charge is 2.20. The molecule has 0 aliphatic rings. The van der Waals surface area contributed by atoms with Gasteiger partial charge in [0.15, 0.2) is 0 Å². The summed E-state index contributed by atoms with van der Waals surface area (Å²) in [6.07, 6.45) is 0.729. The number of benzene rings is 2. The minimum atomic E-state index is -4.06. The fourth-order valence-corrected chi connectivity index (χ4v) is 3.47. The van der Waals surface area contributed by atoms with Crippen LogP contribution in [-0.2, 0) is 16.4 Å². The van der Waals surface area contributed by atoms with Crippen molar-refractivity contribution in [1.82, 2.24) is 0 Å². The molecule has 8 heteroatoms. The predicted molar refractivity (Wildman–Crippen MR) is 91.6 cm³/mol. The molecular formula is C15H14Cl2N2O3S. The van der Waals surface area contributed by atoms with Crippen molar-refractivity contribution in [3.63, 3.8) is 0 Å². The molecular weight excluding hydrogens is 359 g/mol. The van der Waals surface area contributed by atoms with Gasteiger partial charge in [-0.25, -0.2) is 13.6 Å². The minimum absolute atomic E-state index is 0.0222. The summed E-state index contributed by atoms with van der Waals surface area (Å²) in [6, 6.07) is 9.54. The third-order valence-corrected chi connectivity index (χ3v) is 4.91. The molecule has 0 heterocycles. The van der Waals surface area contributed by atoms with E-state index in [-0.39, 0.29) is 20.5 Å². The van der Waals surface area contributed by atoms with Gasteiger partial charge < -0.3 is 5.32 Å². The summed E-state index contributed by atoms with van der Waals surface area (Å²) in [5, 5.41) is 7.70. The van der Waals surface area contributed by atoms with Crippen LogP contribution in [0.1, 0.15) is 22.8 Å². The van der Waals surface area contributed by atoms with Crippen molar-refractivity contribution in [3.05, 3.63) is 57.6 Å². The lowest BCUT2D eigenvalue weighted by molar-refractivity contribution is 0.102. The number of primary sulfonamides is 1. The summed E-state index contributed by atoms with van der Waals surface area (Å²) < 4.78 is 23.0. The van der Waals surface area contributed by atoms with Gasteiger partial charge in [0.1, 0.15) is 4.90 Å². The zero-order valence-corrected chi connectivity index (χ0v) is 14.5. The van der Waals surface area contributed by atoms with E-state index >= 15 is 0 Å². The number of carbonyl (C=O) groups excluding carboxylic acids is 1. The monoisotopic (exact) mass is 372 g/mol. The summed E-state index contributed by atoms with van der Waals surface area (Å²) in [5.74, 6) is -0.544. The van der Waals surface area contributed by atoms with E-state index in [2.05, 4.69) is 5.32 Å². The fraction of sp³-hybridized carbons (Fsp3) is 0.133. The number of rotatable bonds is 4.